The number of halogens is 1. The van der Waals surface area contributed by atoms with Gasteiger partial charge in [0, 0.05) is 19.7 Å². The minimum Gasteiger partial charge on any atom is -0.355 e. The predicted octanol–water partition coefficient (Wildman–Crippen LogP) is 3.09. The molecule has 1 N–H and O–H groups in total. The molecule has 24 heavy (non-hydrogen) atoms. The first-order valence-corrected chi connectivity index (χ1v) is 8.25. The summed E-state index contributed by atoms with van der Waals surface area (Å²) >= 11 is 6.83. The highest BCUT2D eigenvalue weighted by atomic mass is 35.5. The SMILES string of the molecule is CN(Cc1ccccc1)c1cc(/C=C2/SC(=O)NC2=O)nc(Cl)n1. The van der Waals surface area contributed by atoms with Crippen LogP contribution in [-0.2, 0) is 11.3 Å². The molecule has 0 saturated carbocycles. The second-order valence-corrected chi connectivity index (χ2v) is 6.47. The Labute approximate surface area is 147 Å². The van der Waals surface area contributed by atoms with Crippen molar-refractivity contribution in [2.24, 2.45) is 0 Å². The third kappa shape index (κ3) is 3.93. The average Bonchev–Trinajstić information content (AvgIpc) is 2.85. The first-order valence-electron chi connectivity index (χ1n) is 7.06. The largest absolute Gasteiger partial charge is 0.355 e. The number of benzene rings is 1. The summed E-state index contributed by atoms with van der Waals surface area (Å²) in [5.41, 5.74) is 1.60. The van der Waals surface area contributed by atoms with Crippen molar-refractivity contribution < 1.29 is 9.59 Å². The molecule has 1 aliphatic rings. The van der Waals surface area contributed by atoms with Crippen LogP contribution in [0, 0.1) is 0 Å². The maximum atomic E-state index is 11.6. The number of nitrogens with one attached hydrogen (secondary N) is 1. The highest BCUT2D eigenvalue weighted by molar-refractivity contribution is 8.18. The highest BCUT2D eigenvalue weighted by Gasteiger charge is 2.25. The molecule has 0 bridgehead atoms. The molecule has 1 aliphatic heterocycles. The highest BCUT2D eigenvalue weighted by Crippen LogP contribution is 2.26. The number of carbonyl (C=O) groups is 2. The molecule has 3 rings (SSSR count). The van der Waals surface area contributed by atoms with Crippen molar-refractivity contribution in [1.82, 2.24) is 15.3 Å². The van der Waals surface area contributed by atoms with Crippen LogP contribution in [0.15, 0.2) is 41.3 Å². The normalized spacial score (nSPS) is 15.7. The van der Waals surface area contributed by atoms with Crippen molar-refractivity contribution in [3.8, 4) is 0 Å². The number of nitrogens with zero attached hydrogens (tertiary/aromatic N) is 3. The molecule has 0 unspecified atom stereocenters. The summed E-state index contributed by atoms with van der Waals surface area (Å²) in [6.45, 7) is 0.651. The standard InChI is InChI=1S/C16H13ClN4O2S/c1-21(9-10-5-3-2-4-6-10)13-8-11(18-15(17)19-13)7-12-14(22)20-16(23)24-12/h2-8H,9H2,1H3,(H,20,22,23)/b12-7+. The first-order chi connectivity index (χ1) is 11.5. The van der Waals surface area contributed by atoms with E-state index in [0.717, 1.165) is 17.3 Å². The van der Waals surface area contributed by atoms with Crippen molar-refractivity contribution in [2.45, 2.75) is 6.54 Å². The number of aromatic nitrogens is 2. The number of imide groups is 1. The van der Waals surface area contributed by atoms with E-state index in [1.807, 2.05) is 42.3 Å². The number of amides is 2. The Bertz CT molecular complexity index is 826. The zero-order chi connectivity index (χ0) is 17.1. The number of carbonyl (C=O) groups excluding carboxylic acids is 2. The van der Waals surface area contributed by atoms with E-state index >= 15 is 0 Å². The van der Waals surface area contributed by atoms with Gasteiger partial charge in [0.25, 0.3) is 11.1 Å². The van der Waals surface area contributed by atoms with E-state index < -0.39 is 11.1 Å². The minimum absolute atomic E-state index is 0.0778. The first kappa shape index (κ1) is 16.5. The summed E-state index contributed by atoms with van der Waals surface area (Å²) in [6.07, 6.45) is 1.53. The molecule has 1 aromatic carbocycles. The summed E-state index contributed by atoms with van der Waals surface area (Å²) in [4.78, 5) is 33.4. The van der Waals surface area contributed by atoms with Crippen molar-refractivity contribution in [3.63, 3.8) is 0 Å². The van der Waals surface area contributed by atoms with E-state index in [1.54, 1.807) is 6.07 Å². The Morgan fingerprint density at radius 2 is 2.00 bits per heavy atom. The van der Waals surface area contributed by atoms with Crippen LogP contribution in [0.25, 0.3) is 6.08 Å². The van der Waals surface area contributed by atoms with Gasteiger partial charge in [-0.25, -0.2) is 9.97 Å². The van der Waals surface area contributed by atoms with Gasteiger partial charge >= 0.3 is 0 Å². The molecule has 6 nitrogen and oxygen atoms in total. The molecular weight excluding hydrogens is 348 g/mol. The molecule has 0 aliphatic carbocycles. The van der Waals surface area contributed by atoms with Crippen LogP contribution in [0.2, 0.25) is 5.28 Å². The van der Waals surface area contributed by atoms with E-state index in [4.69, 9.17) is 11.6 Å². The Hall–Kier alpha value is -2.38. The minimum atomic E-state index is -0.432. The van der Waals surface area contributed by atoms with Gasteiger partial charge in [0.05, 0.1) is 10.6 Å². The number of thioether (sulfide) groups is 1. The fourth-order valence-corrected chi connectivity index (χ4v) is 3.04. The van der Waals surface area contributed by atoms with Crippen LogP contribution in [0.3, 0.4) is 0 Å². The van der Waals surface area contributed by atoms with Crippen LogP contribution in [0.4, 0.5) is 10.6 Å². The fraction of sp³-hybridized carbons (Fsp3) is 0.125. The Balaban J connectivity index is 1.85. The number of hydrogen-bond donors (Lipinski definition) is 1. The summed E-state index contributed by atoms with van der Waals surface area (Å²) in [5.74, 6) is 0.194. The van der Waals surface area contributed by atoms with Crippen LogP contribution in [-0.4, -0.2) is 28.2 Å². The zero-order valence-corrected chi connectivity index (χ0v) is 14.3. The van der Waals surface area contributed by atoms with Gasteiger partial charge in [0.1, 0.15) is 5.82 Å². The number of anilines is 1. The molecular formula is C16H13ClN4O2S. The van der Waals surface area contributed by atoms with Gasteiger partial charge in [0.15, 0.2) is 0 Å². The third-order valence-electron chi connectivity index (χ3n) is 3.28. The van der Waals surface area contributed by atoms with Gasteiger partial charge in [-0.3, -0.25) is 14.9 Å². The molecule has 0 spiro atoms. The van der Waals surface area contributed by atoms with Crippen molar-refractivity contribution in [2.75, 3.05) is 11.9 Å². The second kappa shape index (κ2) is 7.02. The molecule has 1 aromatic heterocycles. The second-order valence-electron chi connectivity index (χ2n) is 5.11. The number of rotatable bonds is 4. The average molecular weight is 361 g/mol. The lowest BCUT2D eigenvalue weighted by atomic mass is 10.2. The molecule has 1 saturated heterocycles. The fourth-order valence-electron chi connectivity index (χ4n) is 2.19. The smallest absolute Gasteiger partial charge is 0.290 e. The van der Waals surface area contributed by atoms with E-state index in [2.05, 4.69) is 15.3 Å². The van der Waals surface area contributed by atoms with Gasteiger partial charge < -0.3 is 4.90 Å². The Morgan fingerprint density at radius 1 is 1.25 bits per heavy atom. The summed E-state index contributed by atoms with van der Waals surface area (Å²) in [6, 6.07) is 11.7. The Morgan fingerprint density at radius 3 is 2.67 bits per heavy atom. The van der Waals surface area contributed by atoms with Crippen LogP contribution in [0.5, 0.6) is 0 Å². The van der Waals surface area contributed by atoms with Gasteiger partial charge in [-0.2, -0.15) is 0 Å². The lowest BCUT2D eigenvalue weighted by Crippen LogP contribution is -2.18. The maximum absolute atomic E-state index is 11.6. The predicted molar refractivity (Wildman–Crippen MR) is 94.7 cm³/mol. The lowest BCUT2D eigenvalue weighted by molar-refractivity contribution is -0.115. The van der Waals surface area contributed by atoms with Gasteiger partial charge in [0.2, 0.25) is 5.28 Å². The Kier molecular flexibility index (Phi) is 4.82. The van der Waals surface area contributed by atoms with Crippen molar-refractivity contribution in [1.29, 1.82) is 0 Å². The molecule has 122 valence electrons. The molecule has 2 aromatic rings. The molecule has 8 heteroatoms. The van der Waals surface area contributed by atoms with Crippen LogP contribution >= 0.6 is 23.4 Å². The third-order valence-corrected chi connectivity index (χ3v) is 4.26. The van der Waals surface area contributed by atoms with Crippen LogP contribution < -0.4 is 10.2 Å². The van der Waals surface area contributed by atoms with E-state index in [0.29, 0.717) is 18.1 Å². The van der Waals surface area contributed by atoms with Gasteiger partial charge in [-0.05, 0) is 35.0 Å². The topological polar surface area (TPSA) is 75.2 Å². The molecule has 0 radical (unpaired) electrons. The summed E-state index contributed by atoms with van der Waals surface area (Å²) in [5, 5.41) is 1.88. The molecule has 1 fully saturated rings. The van der Waals surface area contributed by atoms with Crippen molar-refractivity contribution >= 4 is 46.4 Å². The van der Waals surface area contributed by atoms with E-state index in [9.17, 15) is 9.59 Å². The maximum Gasteiger partial charge on any atom is 0.290 e. The number of hydrogen-bond acceptors (Lipinski definition) is 6. The van der Waals surface area contributed by atoms with E-state index in [1.165, 1.54) is 6.08 Å². The summed E-state index contributed by atoms with van der Waals surface area (Å²) in [7, 11) is 1.89. The van der Waals surface area contributed by atoms with E-state index in [-0.39, 0.29) is 10.2 Å². The van der Waals surface area contributed by atoms with Crippen LogP contribution in [0.1, 0.15) is 11.3 Å². The molecule has 2 heterocycles. The van der Waals surface area contributed by atoms with Gasteiger partial charge in [-0.1, -0.05) is 30.3 Å². The lowest BCUT2D eigenvalue weighted by Gasteiger charge is -2.18. The quantitative estimate of drug-likeness (QED) is 0.667. The monoisotopic (exact) mass is 360 g/mol. The summed E-state index contributed by atoms with van der Waals surface area (Å²) < 4.78 is 0. The van der Waals surface area contributed by atoms with Crippen molar-refractivity contribution in [3.05, 3.63) is 57.8 Å². The molecule has 2 amide bonds. The van der Waals surface area contributed by atoms with Gasteiger partial charge in [-0.15, -0.1) is 0 Å². The zero-order valence-electron chi connectivity index (χ0n) is 12.7. The molecule has 0 atom stereocenters.